The molecule has 0 aliphatic rings. The highest BCUT2D eigenvalue weighted by Crippen LogP contribution is 2.15. The molecule has 1 atom stereocenters. The van der Waals surface area contributed by atoms with E-state index < -0.39 is 15.3 Å². The third-order valence-electron chi connectivity index (χ3n) is 2.04. The lowest BCUT2D eigenvalue weighted by molar-refractivity contribution is 0.571. The van der Waals surface area contributed by atoms with Crippen LogP contribution in [-0.2, 0) is 16.4 Å². The number of aromatic nitrogens is 1. The van der Waals surface area contributed by atoms with Gasteiger partial charge in [0.2, 0.25) is 10.0 Å². The molecule has 0 aliphatic heterocycles. The lowest BCUT2D eigenvalue weighted by Crippen LogP contribution is -2.30. The largest absolute Gasteiger partial charge is 0.250 e. The van der Waals surface area contributed by atoms with E-state index in [2.05, 4.69) is 11.6 Å². The molecular weight excluding hydrogens is 232 g/mol. The summed E-state index contributed by atoms with van der Waals surface area (Å²) in [4.78, 5) is 4.05. The molecule has 84 valence electrons. The van der Waals surface area contributed by atoms with E-state index in [1.165, 1.54) is 11.3 Å². The van der Waals surface area contributed by atoms with Crippen LogP contribution in [0.15, 0.2) is 24.2 Å². The van der Waals surface area contributed by atoms with E-state index in [4.69, 9.17) is 5.14 Å². The highest BCUT2D eigenvalue weighted by atomic mass is 32.2. The Morgan fingerprint density at radius 2 is 2.40 bits per heavy atom. The third kappa shape index (κ3) is 4.11. The van der Waals surface area contributed by atoms with E-state index in [1.807, 2.05) is 5.38 Å². The minimum absolute atomic E-state index is 0.393. The Balaban J connectivity index is 2.69. The summed E-state index contributed by atoms with van der Waals surface area (Å²) in [6, 6.07) is 0. The molecule has 1 unspecified atom stereocenters. The first-order valence-electron chi connectivity index (χ1n) is 4.55. The molecule has 2 N–H and O–H groups in total. The van der Waals surface area contributed by atoms with Gasteiger partial charge in [-0.3, -0.25) is 0 Å². The van der Waals surface area contributed by atoms with Crippen LogP contribution < -0.4 is 5.14 Å². The van der Waals surface area contributed by atoms with Crippen LogP contribution in [0.2, 0.25) is 0 Å². The van der Waals surface area contributed by atoms with Gasteiger partial charge in [-0.15, -0.1) is 17.9 Å². The molecule has 0 spiro atoms. The van der Waals surface area contributed by atoms with Crippen molar-refractivity contribution in [2.75, 3.05) is 0 Å². The molecule has 1 aromatic rings. The van der Waals surface area contributed by atoms with E-state index in [1.54, 1.807) is 12.3 Å². The smallest absolute Gasteiger partial charge is 0.212 e. The third-order valence-corrected chi connectivity index (χ3v) is 4.18. The minimum Gasteiger partial charge on any atom is -0.250 e. The van der Waals surface area contributed by atoms with Crippen LogP contribution in [0.25, 0.3) is 0 Å². The van der Waals surface area contributed by atoms with Crippen LogP contribution in [0, 0.1) is 0 Å². The summed E-state index contributed by atoms with van der Waals surface area (Å²) in [7, 11) is -3.49. The number of allylic oxidation sites excluding steroid dienone is 1. The maximum atomic E-state index is 11.3. The van der Waals surface area contributed by atoms with Gasteiger partial charge in [-0.2, -0.15) is 0 Å². The fourth-order valence-electron chi connectivity index (χ4n) is 1.23. The van der Waals surface area contributed by atoms with Crippen molar-refractivity contribution < 1.29 is 8.42 Å². The number of primary sulfonamides is 1. The number of nitrogens with two attached hydrogens (primary N) is 1. The molecule has 0 amide bonds. The molecule has 1 rings (SSSR count). The summed E-state index contributed by atoms with van der Waals surface area (Å²) >= 11 is 1.44. The van der Waals surface area contributed by atoms with Crippen molar-refractivity contribution in [1.29, 1.82) is 0 Å². The fourth-order valence-corrected chi connectivity index (χ4v) is 2.89. The first-order valence-corrected chi connectivity index (χ1v) is 7.04. The molecule has 1 aromatic heterocycles. The van der Waals surface area contributed by atoms with Gasteiger partial charge in [-0.1, -0.05) is 6.08 Å². The Kier molecular flexibility index (Phi) is 4.44. The van der Waals surface area contributed by atoms with Gasteiger partial charge in [0.25, 0.3) is 0 Å². The predicted octanol–water partition coefficient (Wildman–Crippen LogP) is 1.31. The van der Waals surface area contributed by atoms with E-state index in [0.29, 0.717) is 19.3 Å². The van der Waals surface area contributed by atoms with E-state index in [-0.39, 0.29) is 0 Å². The first kappa shape index (κ1) is 12.4. The average Bonchev–Trinajstić information content (AvgIpc) is 2.62. The normalized spacial score (nSPS) is 13.7. The van der Waals surface area contributed by atoms with Crippen molar-refractivity contribution in [1.82, 2.24) is 4.98 Å². The van der Waals surface area contributed by atoms with Crippen molar-refractivity contribution >= 4 is 21.4 Å². The first-order chi connectivity index (χ1) is 7.04. The van der Waals surface area contributed by atoms with Gasteiger partial charge in [0.15, 0.2) is 0 Å². The van der Waals surface area contributed by atoms with Crippen LogP contribution in [0.5, 0.6) is 0 Å². The summed E-state index contributed by atoms with van der Waals surface area (Å²) in [6.07, 6.45) is 4.90. The quantitative estimate of drug-likeness (QED) is 0.769. The fraction of sp³-hybridized carbons (Fsp3) is 0.444. The highest BCUT2D eigenvalue weighted by Gasteiger charge is 2.21. The molecule has 15 heavy (non-hydrogen) atoms. The second-order valence-electron chi connectivity index (χ2n) is 3.21. The van der Waals surface area contributed by atoms with Gasteiger partial charge in [0.05, 0.1) is 10.3 Å². The second-order valence-corrected chi connectivity index (χ2v) is 6.03. The molecule has 0 saturated heterocycles. The maximum Gasteiger partial charge on any atom is 0.212 e. The predicted molar refractivity (Wildman–Crippen MR) is 62.1 cm³/mol. The summed E-state index contributed by atoms with van der Waals surface area (Å²) in [5.74, 6) is 0. The molecule has 0 fully saturated rings. The van der Waals surface area contributed by atoms with Crippen LogP contribution in [0.3, 0.4) is 0 Å². The van der Waals surface area contributed by atoms with Crippen molar-refractivity contribution in [3.05, 3.63) is 29.2 Å². The monoisotopic (exact) mass is 246 g/mol. The summed E-state index contributed by atoms with van der Waals surface area (Å²) in [5, 5.41) is 7.22. The number of hydrogen-bond acceptors (Lipinski definition) is 4. The van der Waals surface area contributed by atoms with Gasteiger partial charge >= 0.3 is 0 Å². The zero-order valence-corrected chi connectivity index (χ0v) is 9.93. The summed E-state index contributed by atoms with van der Waals surface area (Å²) in [5.41, 5.74) is 0. The molecule has 0 saturated carbocycles. The Bertz CT molecular complexity index is 398. The highest BCUT2D eigenvalue weighted by molar-refractivity contribution is 7.89. The topological polar surface area (TPSA) is 73.0 Å². The van der Waals surface area contributed by atoms with Crippen LogP contribution in [0.4, 0.5) is 0 Å². The number of sulfonamides is 1. The number of hydrogen-bond donors (Lipinski definition) is 1. The van der Waals surface area contributed by atoms with Gasteiger partial charge in [-0.25, -0.2) is 18.5 Å². The van der Waals surface area contributed by atoms with Crippen molar-refractivity contribution in [3.63, 3.8) is 0 Å². The Morgan fingerprint density at radius 1 is 1.67 bits per heavy atom. The zero-order chi connectivity index (χ0) is 11.3. The molecule has 4 nitrogen and oxygen atoms in total. The van der Waals surface area contributed by atoms with E-state index in [9.17, 15) is 8.42 Å². The minimum atomic E-state index is -3.49. The second kappa shape index (κ2) is 5.39. The molecule has 0 aliphatic carbocycles. The molecule has 0 bridgehead atoms. The van der Waals surface area contributed by atoms with Crippen LogP contribution in [0.1, 0.15) is 17.8 Å². The standard InChI is InChI=1S/C9H14N2O2S2/c1-2-3-4-8(15(10,12)13)7-9-11-5-6-14-9/h2,5-6,8H,1,3-4,7H2,(H2,10,12,13). The van der Waals surface area contributed by atoms with Crippen molar-refractivity contribution in [3.8, 4) is 0 Å². The Hall–Kier alpha value is -0.720. The van der Waals surface area contributed by atoms with Crippen molar-refractivity contribution in [2.45, 2.75) is 24.5 Å². The average molecular weight is 246 g/mol. The van der Waals surface area contributed by atoms with Crippen LogP contribution in [-0.4, -0.2) is 18.7 Å². The molecule has 0 radical (unpaired) electrons. The number of thiazole rings is 1. The van der Waals surface area contributed by atoms with Gasteiger partial charge in [-0.05, 0) is 12.8 Å². The SMILES string of the molecule is C=CCCC(Cc1nccs1)S(N)(=O)=O. The maximum absolute atomic E-state index is 11.3. The van der Waals surface area contributed by atoms with Crippen LogP contribution >= 0.6 is 11.3 Å². The van der Waals surface area contributed by atoms with Gasteiger partial charge in [0, 0.05) is 18.0 Å². The lowest BCUT2D eigenvalue weighted by Gasteiger charge is -2.11. The molecule has 0 aromatic carbocycles. The summed E-state index contributed by atoms with van der Waals surface area (Å²) in [6.45, 7) is 3.56. The summed E-state index contributed by atoms with van der Waals surface area (Å²) < 4.78 is 22.6. The lowest BCUT2D eigenvalue weighted by atomic mass is 10.2. The van der Waals surface area contributed by atoms with E-state index >= 15 is 0 Å². The number of rotatable bonds is 6. The molecular formula is C9H14N2O2S2. The van der Waals surface area contributed by atoms with Gasteiger partial charge < -0.3 is 0 Å². The van der Waals surface area contributed by atoms with Gasteiger partial charge in [0.1, 0.15) is 0 Å². The molecule has 6 heteroatoms. The van der Waals surface area contributed by atoms with E-state index in [0.717, 1.165) is 5.01 Å². The number of nitrogens with zero attached hydrogens (tertiary/aromatic N) is 1. The Labute approximate surface area is 93.9 Å². The zero-order valence-electron chi connectivity index (χ0n) is 8.30. The molecule has 1 heterocycles. The Morgan fingerprint density at radius 3 is 2.87 bits per heavy atom. The van der Waals surface area contributed by atoms with Crippen molar-refractivity contribution in [2.24, 2.45) is 5.14 Å².